The van der Waals surface area contributed by atoms with Crippen molar-refractivity contribution in [1.82, 2.24) is 14.1 Å². The summed E-state index contributed by atoms with van der Waals surface area (Å²) in [6, 6.07) is 67.4. The normalized spacial score (nSPS) is 12.0. The van der Waals surface area contributed by atoms with Crippen LogP contribution in [0.25, 0.3) is 110 Å². The Morgan fingerprint density at radius 2 is 0.909 bits per heavy atom. The lowest BCUT2D eigenvalue weighted by Crippen LogP contribution is -1.94. The van der Waals surface area contributed by atoms with Crippen molar-refractivity contribution < 1.29 is 4.42 Å². The predicted octanol–water partition coefficient (Wildman–Crippen LogP) is 13.7. The Balaban J connectivity index is 0.948. The lowest BCUT2D eigenvalue weighted by molar-refractivity contribution is 0.620. The molecule has 4 heteroatoms. The molecule has 12 rings (SSSR count). The molecule has 256 valence electrons. The molecule has 0 radical (unpaired) electrons. The Morgan fingerprint density at radius 1 is 0.345 bits per heavy atom. The van der Waals surface area contributed by atoms with Gasteiger partial charge in [0.15, 0.2) is 5.58 Å². The summed E-state index contributed by atoms with van der Waals surface area (Å²) in [5, 5.41) is 9.86. The van der Waals surface area contributed by atoms with Crippen LogP contribution in [0.2, 0.25) is 0 Å². The predicted molar refractivity (Wildman–Crippen MR) is 229 cm³/mol. The second kappa shape index (κ2) is 11.5. The van der Waals surface area contributed by atoms with Crippen LogP contribution in [-0.4, -0.2) is 14.1 Å². The minimum atomic E-state index is 0.618. The molecule has 0 atom stereocenters. The molecule has 0 spiro atoms. The molecule has 0 saturated heterocycles. The highest BCUT2D eigenvalue weighted by molar-refractivity contribution is 6.13. The minimum Gasteiger partial charge on any atom is -0.436 e. The van der Waals surface area contributed by atoms with Gasteiger partial charge in [-0.15, -0.1) is 0 Å². The van der Waals surface area contributed by atoms with Crippen molar-refractivity contribution in [2.45, 2.75) is 0 Å². The summed E-state index contributed by atoms with van der Waals surface area (Å²) < 4.78 is 11.2. The van der Waals surface area contributed by atoms with Crippen molar-refractivity contribution in [3.8, 4) is 34.0 Å². The number of rotatable bonds is 4. The lowest BCUT2D eigenvalue weighted by atomic mass is 10.0. The van der Waals surface area contributed by atoms with Gasteiger partial charge in [-0.05, 0) is 112 Å². The molecule has 0 fully saturated rings. The van der Waals surface area contributed by atoms with E-state index in [4.69, 9.17) is 9.40 Å². The summed E-state index contributed by atoms with van der Waals surface area (Å²) in [5.74, 6) is 0.618. The Hall–Kier alpha value is -7.43. The van der Waals surface area contributed by atoms with Crippen LogP contribution in [0, 0.1) is 0 Å². The van der Waals surface area contributed by atoms with Gasteiger partial charge in [-0.2, -0.15) is 0 Å². The summed E-state index contributed by atoms with van der Waals surface area (Å²) in [7, 11) is 0. The van der Waals surface area contributed by atoms with E-state index < -0.39 is 0 Å². The summed E-state index contributed by atoms with van der Waals surface area (Å²) in [6.07, 6.45) is 0. The fourth-order valence-corrected chi connectivity index (χ4v) is 8.76. The van der Waals surface area contributed by atoms with Crippen LogP contribution in [0.5, 0.6) is 0 Å². The third kappa shape index (κ3) is 4.55. The third-order valence-corrected chi connectivity index (χ3v) is 11.3. The Kier molecular flexibility index (Phi) is 6.31. The second-order valence-corrected chi connectivity index (χ2v) is 14.4. The first-order valence-electron chi connectivity index (χ1n) is 18.7. The van der Waals surface area contributed by atoms with Gasteiger partial charge in [0, 0.05) is 38.5 Å². The Labute approximate surface area is 315 Å². The van der Waals surface area contributed by atoms with E-state index in [0.29, 0.717) is 5.89 Å². The molecule has 9 aromatic carbocycles. The number of aromatic nitrogens is 3. The molecule has 4 nitrogen and oxygen atoms in total. The first-order chi connectivity index (χ1) is 27.2. The molecule has 0 N–H and O–H groups in total. The van der Waals surface area contributed by atoms with Crippen LogP contribution >= 0.6 is 0 Å². The quantitative estimate of drug-likeness (QED) is 0.171. The maximum absolute atomic E-state index is 6.53. The molecule has 0 bridgehead atoms. The van der Waals surface area contributed by atoms with E-state index in [-0.39, 0.29) is 0 Å². The zero-order valence-electron chi connectivity index (χ0n) is 29.6. The van der Waals surface area contributed by atoms with Crippen LogP contribution in [0.4, 0.5) is 0 Å². The molecular formula is C51H31N3O. The van der Waals surface area contributed by atoms with Crippen molar-refractivity contribution in [1.29, 1.82) is 0 Å². The van der Waals surface area contributed by atoms with Crippen molar-refractivity contribution in [3.63, 3.8) is 0 Å². The van der Waals surface area contributed by atoms with E-state index in [1.165, 1.54) is 59.6 Å². The molecule has 55 heavy (non-hydrogen) atoms. The number of oxazole rings is 1. The van der Waals surface area contributed by atoms with Crippen molar-refractivity contribution in [3.05, 3.63) is 188 Å². The highest BCUT2D eigenvalue weighted by Gasteiger charge is 2.17. The Morgan fingerprint density at radius 3 is 1.69 bits per heavy atom. The van der Waals surface area contributed by atoms with Gasteiger partial charge in [0.2, 0.25) is 5.89 Å². The SMILES string of the molecule is c1ccc(-n2c3ccccc3c3cc(-c4nc5ccc(-c6ccc7c(c6)c6ccccc6n7-c6ccc7c(ccc8ccccc87)c6)cc5o4)ccc32)cc1. The summed E-state index contributed by atoms with van der Waals surface area (Å²) >= 11 is 0. The largest absolute Gasteiger partial charge is 0.436 e. The molecular weight excluding hydrogens is 671 g/mol. The minimum absolute atomic E-state index is 0.618. The van der Waals surface area contributed by atoms with Crippen molar-refractivity contribution in [2.75, 3.05) is 0 Å². The van der Waals surface area contributed by atoms with Gasteiger partial charge in [-0.1, -0.05) is 109 Å². The Bertz CT molecular complexity index is 3490. The first-order valence-corrected chi connectivity index (χ1v) is 18.7. The number of benzene rings is 9. The van der Waals surface area contributed by atoms with Crippen LogP contribution in [0.15, 0.2) is 192 Å². The molecule has 0 saturated carbocycles. The summed E-state index contributed by atoms with van der Waals surface area (Å²) in [5.41, 5.74) is 11.8. The zero-order valence-corrected chi connectivity index (χ0v) is 29.6. The monoisotopic (exact) mass is 701 g/mol. The molecule has 0 aliphatic carbocycles. The van der Waals surface area contributed by atoms with E-state index in [1.54, 1.807) is 0 Å². The average molecular weight is 702 g/mol. The molecule has 0 aliphatic rings. The van der Waals surface area contributed by atoms with Gasteiger partial charge < -0.3 is 13.6 Å². The van der Waals surface area contributed by atoms with E-state index in [0.717, 1.165) is 44.7 Å². The van der Waals surface area contributed by atoms with Gasteiger partial charge in [-0.25, -0.2) is 4.98 Å². The fourth-order valence-electron chi connectivity index (χ4n) is 8.76. The van der Waals surface area contributed by atoms with Crippen LogP contribution in [0.3, 0.4) is 0 Å². The van der Waals surface area contributed by atoms with Gasteiger partial charge >= 0.3 is 0 Å². The van der Waals surface area contributed by atoms with Gasteiger partial charge in [0.05, 0.1) is 22.1 Å². The van der Waals surface area contributed by atoms with E-state index in [9.17, 15) is 0 Å². The highest BCUT2D eigenvalue weighted by Crippen LogP contribution is 2.39. The van der Waals surface area contributed by atoms with Crippen LogP contribution < -0.4 is 0 Å². The average Bonchev–Trinajstić information content (AvgIpc) is 3.93. The van der Waals surface area contributed by atoms with Crippen molar-refractivity contribution in [2.24, 2.45) is 0 Å². The van der Waals surface area contributed by atoms with Gasteiger partial charge in [-0.3, -0.25) is 0 Å². The maximum atomic E-state index is 6.53. The highest BCUT2D eigenvalue weighted by atomic mass is 16.3. The number of para-hydroxylation sites is 3. The molecule has 0 amide bonds. The zero-order chi connectivity index (χ0) is 36.0. The topological polar surface area (TPSA) is 35.9 Å². The standard InChI is InChI=1S/C51H31N3O/c1-2-11-37(12-3-1)53-46-16-8-6-15-42(46)44-30-36(22-27-48(44)53)51-52-45-25-20-34(31-50(45)55-51)33-21-26-49-43(29-33)41-14-7-9-17-47(41)54(49)38-23-24-40-35(28-38)19-18-32-10-4-5-13-39(32)40/h1-31H. The molecule has 3 aromatic heterocycles. The van der Waals surface area contributed by atoms with Crippen LogP contribution in [0.1, 0.15) is 0 Å². The number of hydrogen-bond donors (Lipinski definition) is 0. The van der Waals surface area contributed by atoms with Gasteiger partial charge in [0.25, 0.3) is 0 Å². The first kappa shape index (κ1) is 30.1. The molecule has 0 unspecified atom stereocenters. The third-order valence-electron chi connectivity index (χ3n) is 11.3. The van der Waals surface area contributed by atoms with E-state index >= 15 is 0 Å². The smallest absolute Gasteiger partial charge is 0.227 e. The number of hydrogen-bond acceptors (Lipinski definition) is 2. The molecule has 12 aromatic rings. The number of fused-ring (bicyclic) bond motifs is 10. The van der Waals surface area contributed by atoms with Crippen molar-refractivity contribution >= 4 is 76.3 Å². The second-order valence-electron chi connectivity index (χ2n) is 14.4. The number of nitrogens with zero attached hydrogens (tertiary/aromatic N) is 3. The lowest BCUT2D eigenvalue weighted by Gasteiger charge is -2.11. The summed E-state index contributed by atoms with van der Waals surface area (Å²) in [6.45, 7) is 0. The fraction of sp³-hybridized carbons (Fsp3) is 0. The van der Waals surface area contributed by atoms with E-state index in [1.807, 2.05) is 0 Å². The van der Waals surface area contributed by atoms with E-state index in [2.05, 4.69) is 197 Å². The molecule has 0 aliphatic heterocycles. The molecule has 3 heterocycles. The van der Waals surface area contributed by atoms with Crippen LogP contribution in [-0.2, 0) is 0 Å². The summed E-state index contributed by atoms with van der Waals surface area (Å²) in [4.78, 5) is 4.96. The maximum Gasteiger partial charge on any atom is 0.227 e. The van der Waals surface area contributed by atoms with Gasteiger partial charge in [0.1, 0.15) is 5.52 Å².